The van der Waals surface area contributed by atoms with E-state index in [2.05, 4.69) is 0 Å². The van der Waals surface area contributed by atoms with Gasteiger partial charge in [0.15, 0.2) is 0 Å². The number of benzene rings is 1. The number of hydrogen-bond acceptors (Lipinski definition) is 2. The average molecular weight is 240 g/mol. The van der Waals surface area contributed by atoms with Gasteiger partial charge in [0, 0.05) is 5.30 Å². The van der Waals surface area contributed by atoms with E-state index in [0.29, 0.717) is 12.1 Å². The molecule has 84 valence electrons. The topological polar surface area (TPSA) is 57.5 Å². The summed E-state index contributed by atoms with van der Waals surface area (Å²) in [6, 6.07) is 3.18. The van der Waals surface area contributed by atoms with Crippen molar-refractivity contribution in [2.24, 2.45) is 0 Å². The number of halogens is 3. The van der Waals surface area contributed by atoms with E-state index < -0.39 is 25.5 Å². The van der Waals surface area contributed by atoms with Crippen molar-refractivity contribution in [1.29, 1.82) is 0 Å². The zero-order valence-electron chi connectivity index (χ0n) is 7.40. The molecule has 0 bridgehead atoms. The maximum atomic E-state index is 12.1. The van der Waals surface area contributed by atoms with Gasteiger partial charge in [-0.15, -0.1) is 0 Å². The lowest BCUT2D eigenvalue weighted by molar-refractivity contribution is -0.137. The predicted octanol–water partition coefficient (Wildman–Crippen LogP) is 1.55. The molecule has 15 heavy (non-hydrogen) atoms. The molecule has 0 aliphatic carbocycles. The summed E-state index contributed by atoms with van der Waals surface area (Å²) in [7, 11) is -3.91. The van der Waals surface area contributed by atoms with Gasteiger partial charge in [-0.25, -0.2) is 0 Å². The van der Waals surface area contributed by atoms with Gasteiger partial charge in [0.2, 0.25) is 0 Å². The van der Waals surface area contributed by atoms with Crippen LogP contribution in [-0.2, 0) is 10.7 Å². The van der Waals surface area contributed by atoms with Crippen LogP contribution in [-0.4, -0.2) is 16.3 Å². The van der Waals surface area contributed by atoms with E-state index in [1.54, 1.807) is 0 Å². The number of aliphatic hydroxyl groups excluding tert-OH is 1. The monoisotopic (exact) mass is 240 g/mol. The van der Waals surface area contributed by atoms with Crippen molar-refractivity contribution in [3.05, 3.63) is 29.8 Å². The molecule has 0 aromatic heterocycles. The minimum atomic E-state index is -4.48. The lowest BCUT2D eigenvalue weighted by atomic mass is 10.2. The second kappa shape index (κ2) is 3.96. The summed E-state index contributed by atoms with van der Waals surface area (Å²) in [6.07, 6.45) is -5.46. The molecule has 0 spiro atoms. The van der Waals surface area contributed by atoms with Gasteiger partial charge < -0.3 is 10.00 Å². The van der Waals surface area contributed by atoms with E-state index >= 15 is 0 Å². The quantitative estimate of drug-likeness (QED) is 0.771. The van der Waals surface area contributed by atoms with Gasteiger partial charge >= 0.3 is 6.18 Å². The standard InChI is InChI=1S/C8H8F3O3P/c9-8(10,11)6-1-3-7(4-2-6)15(13,14)5-12/h1-4,12H,5H2,(H,13,14). The van der Waals surface area contributed by atoms with Crippen LogP contribution in [0.15, 0.2) is 24.3 Å². The summed E-state index contributed by atoms with van der Waals surface area (Å²) < 4.78 is 47.5. The Hall–Kier alpha value is -0.840. The summed E-state index contributed by atoms with van der Waals surface area (Å²) in [4.78, 5) is 9.11. The first-order valence-corrected chi connectivity index (χ1v) is 5.72. The van der Waals surface area contributed by atoms with Gasteiger partial charge in [0.05, 0.1) is 5.56 Å². The van der Waals surface area contributed by atoms with Crippen LogP contribution in [0.25, 0.3) is 0 Å². The highest BCUT2D eigenvalue weighted by atomic mass is 31.2. The molecule has 0 radical (unpaired) electrons. The molecule has 7 heteroatoms. The van der Waals surface area contributed by atoms with Gasteiger partial charge in [-0.1, -0.05) is 0 Å². The molecule has 0 amide bonds. The Bertz CT molecular complexity index is 385. The fourth-order valence-corrected chi connectivity index (χ4v) is 1.74. The third kappa shape index (κ3) is 2.81. The summed E-state index contributed by atoms with van der Waals surface area (Å²) in [5.41, 5.74) is -0.899. The van der Waals surface area contributed by atoms with Crippen LogP contribution in [0.5, 0.6) is 0 Å². The molecular formula is C8H8F3O3P. The number of hydrogen-bond donors (Lipinski definition) is 2. The lowest BCUT2D eigenvalue weighted by Gasteiger charge is -2.10. The van der Waals surface area contributed by atoms with Crippen LogP contribution in [0.1, 0.15) is 5.56 Å². The van der Waals surface area contributed by atoms with E-state index in [1.807, 2.05) is 0 Å². The van der Waals surface area contributed by atoms with E-state index in [-0.39, 0.29) is 5.30 Å². The van der Waals surface area contributed by atoms with Crippen molar-refractivity contribution in [1.82, 2.24) is 0 Å². The second-order valence-corrected chi connectivity index (χ2v) is 5.09. The SMILES string of the molecule is O=P(O)(CO)c1ccc(C(F)(F)F)cc1. The molecule has 1 aromatic rings. The molecule has 1 unspecified atom stereocenters. The molecule has 3 nitrogen and oxygen atoms in total. The highest BCUT2D eigenvalue weighted by Crippen LogP contribution is 2.38. The molecular weight excluding hydrogens is 232 g/mol. The van der Waals surface area contributed by atoms with E-state index in [4.69, 9.17) is 10.00 Å². The van der Waals surface area contributed by atoms with E-state index in [0.717, 1.165) is 12.1 Å². The first-order chi connectivity index (χ1) is 6.77. The normalized spacial score (nSPS) is 16.1. The fraction of sp³-hybridized carbons (Fsp3) is 0.250. The van der Waals surface area contributed by atoms with Crippen molar-refractivity contribution >= 4 is 12.7 Å². The maximum Gasteiger partial charge on any atom is 0.416 e. The third-order valence-corrected chi connectivity index (χ3v) is 3.28. The van der Waals surface area contributed by atoms with Crippen molar-refractivity contribution in [2.45, 2.75) is 6.18 Å². The highest BCUT2D eigenvalue weighted by Gasteiger charge is 2.31. The smallest absolute Gasteiger partial charge is 0.386 e. The van der Waals surface area contributed by atoms with Crippen LogP contribution in [0, 0.1) is 0 Å². The Morgan fingerprint density at radius 3 is 2.00 bits per heavy atom. The summed E-state index contributed by atoms with van der Waals surface area (Å²) in [5.74, 6) is 0. The molecule has 1 atom stereocenters. The van der Waals surface area contributed by atoms with Crippen LogP contribution in [0.4, 0.5) is 13.2 Å². The molecule has 0 heterocycles. The molecule has 0 aliphatic rings. The van der Waals surface area contributed by atoms with E-state index in [1.165, 1.54) is 0 Å². The van der Waals surface area contributed by atoms with Crippen molar-refractivity contribution < 1.29 is 27.7 Å². The first kappa shape index (κ1) is 12.2. The predicted molar refractivity (Wildman–Crippen MR) is 48.0 cm³/mol. The first-order valence-electron chi connectivity index (χ1n) is 3.88. The molecule has 0 saturated carbocycles. The van der Waals surface area contributed by atoms with Crippen LogP contribution >= 0.6 is 7.37 Å². The summed E-state index contributed by atoms with van der Waals surface area (Å²) in [5, 5.41) is 8.34. The molecule has 1 rings (SSSR count). The van der Waals surface area contributed by atoms with Gasteiger partial charge in [-0.2, -0.15) is 13.2 Å². The molecule has 2 N–H and O–H groups in total. The number of rotatable bonds is 2. The van der Waals surface area contributed by atoms with Gasteiger partial charge in [-0.3, -0.25) is 4.57 Å². The van der Waals surface area contributed by atoms with Gasteiger partial charge in [0.25, 0.3) is 7.37 Å². The summed E-state index contributed by atoms with van der Waals surface area (Å²) >= 11 is 0. The Morgan fingerprint density at radius 2 is 1.67 bits per heavy atom. The minimum absolute atomic E-state index is 0.196. The van der Waals surface area contributed by atoms with Crippen molar-refractivity contribution in [3.8, 4) is 0 Å². The Morgan fingerprint density at radius 1 is 1.20 bits per heavy atom. The number of alkyl halides is 3. The molecule has 1 aromatic carbocycles. The minimum Gasteiger partial charge on any atom is -0.386 e. The Labute approximate surface area is 83.6 Å². The van der Waals surface area contributed by atoms with E-state index in [9.17, 15) is 17.7 Å². The lowest BCUT2D eigenvalue weighted by Crippen LogP contribution is -2.10. The van der Waals surface area contributed by atoms with Crippen LogP contribution in [0.2, 0.25) is 0 Å². The molecule has 0 saturated heterocycles. The van der Waals surface area contributed by atoms with Crippen LogP contribution in [0.3, 0.4) is 0 Å². The van der Waals surface area contributed by atoms with Crippen molar-refractivity contribution in [2.75, 3.05) is 6.35 Å². The zero-order chi connectivity index (χ0) is 11.7. The molecule has 0 fully saturated rings. The maximum absolute atomic E-state index is 12.1. The average Bonchev–Trinajstić information content (AvgIpc) is 2.17. The van der Waals surface area contributed by atoms with Gasteiger partial charge in [-0.05, 0) is 24.3 Å². The Balaban J connectivity index is 3.06. The molecule has 0 aliphatic heterocycles. The Kier molecular flexibility index (Phi) is 3.23. The van der Waals surface area contributed by atoms with Gasteiger partial charge in [0.1, 0.15) is 6.35 Å². The largest absolute Gasteiger partial charge is 0.416 e. The third-order valence-electron chi connectivity index (χ3n) is 1.79. The van der Waals surface area contributed by atoms with Crippen molar-refractivity contribution in [3.63, 3.8) is 0 Å². The summed E-state index contributed by atoms with van der Waals surface area (Å²) in [6.45, 7) is 0. The van der Waals surface area contributed by atoms with Crippen LogP contribution < -0.4 is 5.30 Å². The second-order valence-electron chi connectivity index (χ2n) is 2.89. The fourth-order valence-electron chi connectivity index (χ4n) is 0.965. The highest BCUT2D eigenvalue weighted by molar-refractivity contribution is 7.65. The zero-order valence-corrected chi connectivity index (χ0v) is 8.29. The number of aliphatic hydroxyl groups is 1.